The first-order chi connectivity index (χ1) is 12.2. The van der Waals surface area contributed by atoms with Crippen LogP contribution in [0.15, 0.2) is 80.7 Å². The standard InChI is InChI=1S/C19H15BrN2O3/c20-15-6-4-5-14(11-15)12-21-22-19(23)18-10-9-17(25-18)13-24-16-7-2-1-3-8-16/h1-12H,13H2,(H,22,23)/b21-12-. The van der Waals surface area contributed by atoms with Crippen molar-refractivity contribution in [3.63, 3.8) is 0 Å². The second-order valence-corrected chi connectivity index (χ2v) is 6.04. The molecule has 0 saturated heterocycles. The van der Waals surface area contributed by atoms with E-state index in [0.717, 1.165) is 15.8 Å². The number of para-hydroxylation sites is 1. The fraction of sp³-hybridized carbons (Fsp3) is 0.0526. The summed E-state index contributed by atoms with van der Waals surface area (Å²) in [7, 11) is 0. The highest BCUT2D eigenvalue weighted by atomic mass is 79.9. The van der Waals surface area contributed by atoms with E-state index in [1.807, 2.05) is 54.6 Å². The van der Waals surface area contributed by atoms with Gasteiger partial charge in [0, 0.05) is 4.47 Å². The minimum Gasteiger partial charge on any atom is -0.486 e. The third-order valence-corrected chi connectivity index (χ3v) is 3.73. The number of rotatable bonds is 6. The summed E-state index contributed by atoms with van der Waals surface area (Å²) in [5.41, 5.74) is 3.30. The molecule has 1 heterocycles. The lowest BCUT2D eigenvalue weighted by molar-refractivity contribution is 0.0923. The summed E-state index contributed by atoms with van der Waals surface area (Å²) in [6.45, 7) is 0.249. The van der Waals surface area contributed by atoms with Crippen molar-refractivity contribution in [3.05, 3.63) is 88.3 Å². The minimum absolute atomic E-state index is 0.179. The number of hydrazone groups is 1. The first kappa shape index (κ1) is 17.0. The monoisotopic (exact) mass is 398 g/mol. The number of furan rings is 1. The lowest BCUT2D eigenvalue weighted by Gasteiger charge is -2.03. The first-order valence-corrected chi connectivity index (χ1v) is 8.35. The number of carbonyl (C=O) groups excluding carboxylic acids is 1. The number of ether oxygens (including phenoxy) is 1. The highest BCUT2D eigenvalue weighted by molar-refractivity contribution is 9.10. The average Bonchev–Trinajstić information content (AvgIpc) is 3.10. The lowest BCUT2D eigenvalue weighted by atomic mass is 10.2. The van der Waals surface area contributed by atoms with E-state index in [2.05, 4.69) is 26.5 Å². The Bertz CT molecular complexity index is 875. The molecule has 0 atom stereocenters. The van der Waals surface area contributed by atoms with Crippen LogP contribution in [0.1, 0.15) is 21.9 Å². The van der Waals surface area contributed by atoms with Crippen molar-refractivity contribution in [2.75, 3.05) is 0 Å². The fourth-order valence-corrected chi connectivity index (χ4v) is 2.47. The maximum Gasteiger partial charge on any atom is 0.307 e. The number of carbonyl (C=O) groups is 1. The quantitative estimate of drug-likeness (QED) is 0.494. The summed E-state index contributed by atoms with van der Waals surface area (Å²) < 4.78 is 12.0. The number of benzene rings is 2. The largest absolute Gasteiger partial charge is 0.486 e. The van der Waals surface area contributed by atoms with Gasteiger partial charge in [0.25, 0.3) is 0 Å². The number of hydrogen-bond donors (Lipinski definition) is 1. The molecule has 126 valence electrons. The second kappa shape index (κ2) is 8.30. The predicted molar refractivity (Wildman–Crippen MR) is 98.7 cm³/mol. The van der Waals surface area contributed by atoms with Crippen LogP contribution in [-0.4, -0.2) is 12.1 Å². The van der Waals surface area contributed by atoms with Gasteiger partial charge in [-0.1, -0.05) is 46.3 Å². The SMILES string of the molecule is O=C(N/N=C\c1cccc(Br)c1)c1ccc(COc2ccccc2)o1. The molecule has 0 spiro atoms. The molecule has 1 amide bonds. The van der Waals surface area contributed by atoms with E-state index in [1.54, 1.807) is 18.3 Å². The molecule has 3 aromatic rings. The number of amides is 1. The van der Waals surface area contributed by atoms with E-state index < -0.39 is 5.91 Å². The lowest BCUT2D eigenvalue weighted by Crippen LogP contribution is -2.16. The van der Waals surface area contributed by atoms with Crippen molar-refractivity contribution < 1.29 is 13.9 Å². The van der Waals surface area contributed by atoms with Crippen molar-refractivity contribution in [2.45, 2.75) is 6.61 Å². The third-order valence-electron chi connectivity index (χ3n) is 3.24. The zero-order valence-corrected chi connectivity index (χ0v) is 14.8. The van der Waals surface area contributed by atoms with Crippen LogP contribution >= 0.6 is 15.9 Å². The molecule has 25 heavy (non-hydrogen) atoms. The maximum absolute atomic E-state index is 12.0. The third kappa shape index (κ3) is 5.06. The molecule has 1 N–H and O–H groups in total. The predicted octanol–water partition coefficient (Wildman–Crippen LogP) is 4.39. The van der Waals surface area contributed by atoms with Crippen molar-refractivity contribution in [1.29, 1.82) is 0 Å². The Morgan fingerprint density at radius 1 is 1.12 bits per heavy atom. The molecule has 3 rings (SSSR count). The van der Waals surface area contributed by atoms with Gasteiger partial charge >= 0.3 is 5.91 Å². The Morgan fingerprint density at radius 2 is 1.96 bits per heavy atom. The Labute approximate surface area is 153 Å². The molecular weight excluding hydrogens is 384 g/mol. The van der Waals surface area contributed by atoms with Crippen molar-refractivity contribution in [1.82, 2.24) is 5.43 Å². The summed E-state index contributed by atoms with van der Waals surface area (Å²) >= 11 is 3.38. The van der Waals surface area contributed by atoms with Gasteiger partial charge in [-0.3, -0.25) is 4.79 Å². The van der Waals surface area contributed by atoms with Crippen LogP contribution in [0.5, 0.6) is 5.75 Å². The van der Waals surface area contributed by atoms with Crippen LogP contribution in [0.25, 0.3) is 0 Å². The molecule has 0 aliphatic rings. The van der Waals surface area contributed by atoms with Gasteiger partial charge in [-0.05, 0) is 42.0 Å². The summed E-state index contributed by atoms with van der Waals surface area (Å²) in [5, 5.41) is 3.93. The molecule has 0 aliphatic carbocycles. The molecule has 0 fully saturated rings. The Morgan fingerprint density at radius 3 is 2.76 bits per heavy atom. The molecule has 2 aromatic carbocycles. The maximum atomic E-state index is 12.0. The van der Waals surface area contributed by atoms with E-state index in [1.165, 1.54) is 0 Å². The molecule has 5 nitrogen and oxygen atoms in total. The van der Waals surface area contributed by atoms with Gasteiger partial charge in [0.05, 0.1) is 6.21 Å². The molecule has 0 unspecified atom stereocenters. The van der Waals surface area contributed by atoms with Gasteiger partial charge in [0.1, 0.15) is 18.1 Å². The molecule has 6 heteroatoms. The van der Waals surface area contributed by atoms with Gasteiger partial charge in [-0.15, -0.1) is 0 Å². The van der Waals surface area contributed by atoms with Crippen molar-refractivity contribution in [2.24, 2.45) is 5.10 Å². The van der Waals surface area contributed by atoms with E-state index >= 15 is 0 Å². The molecule has 0 bridgehead atoms. The number of nitrogens with zero attached hydrogens (tertiary/aromatic N) is 1. The highest BCUT2D eigenvalue weighted by Crippen LogP contribution is 2.14. The smallest absolute Gasteiger partial charge is 0.307 e. The number of halogens is 1. The van der Waals surface area contributed by atoms with Crippen LogP contribution in [-0.2, 0) is 6.61 Å². The van der Waals surface area contributed by atoms with E-state index in [0.29, 0.717) is 5.76 Å². The van der Waals surface area contributed by atoms with Crippen LogP contribution in [0.2, 0.25) is 0 Å². The van der Waals surface area contributed by atoms with Crippen LogP contribution in [0.3, 0.4) is 0 Å². The first-order valence-electron chi connectivity index (χ1n) is 7.56. The summed E-state index contributed by atoms with van der Waals surface area (Å²) in [6, 6.07) is 20.3. The van der Waals surface area contributed by atoms with E-state index in [9.17, 15) is 4.79 Å². The topological polar surface area (TPSA) is 63.8 Å². The average molecular weight is 399 g/mol. The molecule has 0 saturated carbocycles. The van der Waals surface area contributed by atoms with Gasteiger partial charge in [-0.25, -0.2) is 5.43 Å². The van der Waals surface area contributed by atoms with Crippen LogP contribution in [0, 0.1) is 0 Å². The second-order valence-electron chi connectivity index (χ2n) is 5.12. The zero-order chi connectivity index (χ0) is 17.5. The number of nitrogens with one attached hydrogen (secondary N) is 1. The molecular formula is C19H15BrN2O3. The Balaban J connectivity index is 1.53. The van der Waals surface area contributed by atoms with Crippen molar-refractivity contribution in [3.8, 4) is 5.75 Å². The number of hydrogen-bond acceptors (Lipinski definition) is 4. The minimum atomic E-state index is -0.419. The highest BCUT2D eigenvalue weighted by Gasteiger charge is 2.10. The van der Waals surface area contributed by atoms with Crippen LogP contribution < -0.4 is 10.2 Å². The van der Waals surface area contributed by atoms with Gasteiger partial charge in [0.2, 0.25) is 0 Å². The summed E-state index contributed by atoms with van der Waals surface area (Å²) in [5.74, 6) is 1.06. The van der Waals surface area contributed by atoms with Gasteiger partial charge in [-0.2, -0.15) is 5.10 Å². The molecule has 0 aliphatic heterocycles. The van der Waals surface area contributed by atoms with Gasteiger partial charge < -0.3 is 9.15 Å². The van der Waals surface area contributed by atoms with Crippen molar-refractivity contribution >= 4 is 28.1 Å². The summed E-state index contributed by atoms with van der Waals surface area (Å²) in [4.78, 5) is 12.0. The van der Waals surface area contributed by atoms with E-state index in [4.69, 9.17) is 9.15 Å². The zero-order valence-electron chi connectivity index (χ0n) is 13.2. The molecule has 0 radical (unpaired) electrons. The normalized spacial score (nSPS) is 10.8. The molecule has 1 aromatic heterocycles. The Hall–Kier alpha value is -2.86. The van der Waals surface area contributed by atoms with Crippen LogP contribution in [0.4, 0.5) is 0 Å². The summed E-state index contributed by atoms with van der Waals surface area (Å²) in [6.07, 6.45) is 1.56. The van der Waals surface area contributed by atoms with E-state index in [-0.39, 0.29) is 12.4 Å². The Kier molecular flexibility index (Phi) is 5.64. The van der Waals surface area contributed by atoms with Gasteiger partial charge in [0.15, 0.2) is 5.76 Å². The fourth-order valence-electron chi connectivity index (χ4n) is 2.06.